The normalized spacial score (nSPS) is 23.1. The Labute approximate surface area is 105 Å². The Morgan fingerprint density at radius 2 is 2.11 bits per heavy atom. The van der Waals surface area contributed by atoms with Gasteiger partial charge in [-0.2, -0.15) is 0 Å². The van der Waals surface area contributed by atoms with Crippen LogP contribution in [-0.2, 0) is 9.59 Å². The van der Waals surface area contributed by atoms with E-state index in [4.69, 9.17) is 4.74 Å². The number of amides is 2. The highest BCUT2D eigenvalue weighted by Crippen LogP contribution is 2.35. The molecule has 2 amide bonds. The number of nitrogens with one attached hydrogen (secondary N) is 1. The van der Waals surface area contributed by atoms with E-state index in [1.165, 1.54) is 0 Å². The van der Waals surface area contributed by atoms with Gasteiger partial charge in [-0.15, -0.1) is 0 Å². The van der Waals surface area contributed by atoms with Crippen LogP contribution in [0.1, 0.15) is 18.0 Å². The molecule has 5 nitrogen and oxygen atoms in total. The van der Waals surface area contributed by atoms with Crippen LogP contribution in [0.3, 0.4) is 0 Å². The van der Waals surface area contributed by atoms with E-state index in [2.05, 4.69) is 5.32 Å². The van der Waals surface area contributed by atoms with Gasteiger partial charge >= 0.3 is 0 Å². The third kappa shape index (κ3) is 1.81. The Morgan fingerprint density at radius 3 is 3.00 bits per heavy atom. The summed E-state index contributed by atoms with van der Waals surface area (Å²) in [6.07, 6.45) is 0.732. The van der Waals surface area contributed by atoms with Crippen molar-refractivity contribution in [3.63, 3.8) is 0 Å². The van der Waals surface area contributed by atoms with Crippen molar-refractivity contribution < 1.29 is 14.3 Å². The highest BCUT2D eigenvalue weighted by Gasteiger charge is 2.33. The smallest absolute Gasteiger partial charge is 0.242 e. The monoisotopic (exact) mass is 246 g/mol. The number of carbonyl (C=O) groups excluding carboxylic acids is 2. The predicted octanol–water partition coefficient (Wildman–Crippen LogP) is 0.469. The van der Waals surface area contributed by atoms with Gasteiger partial charge in [-0.05, 0) is 6.07 Å². The van der Waals surface area contributed by atoms with Gasteiger partial charge in [0.25, 0.3) is 0 Å². The molecule has 3 rings (SSSR count). The van der Waals surface area contributed by atoms with Crippen molar-refractivity contribution >= 4 is 11.8 Å². The summed E-state index contributed by atoms with van der Waals surface area (Å²) in [7, 11) is 0. The molecule has 2 heterocycles. The molecular weight excluding hydrogens is 232 g/mol. The van der Waals surface area contributed by atoms with Crippen LogP contribution < -0.4 is 10.1 Å². The standard InChI is InChI=1S/C13H14N2O3/c16-12-8-15(13(17)7-14-12)10-5-6-18-11-4-2-1-3-9(10)11/h1-4,10H,5-8H2,(H,14,16). The van der Waals surface area contributed by atoms with Gasteiger partial charge in [-0.3, -0.25) is 9.59 Å². The summed E-state index contributed by atoms with van der Waals surface area (Å²) < 4.78 is 5.57. The molecule has 1 aromatic rings. The van der Waals surface area contributed by atoms with Crippen molar-refractivity contribution in [3.05, 3.63) is 29.8 Å². The topological polar surface area (TPSA) is 58.6 Å². The van der Waals surface area contributed by atoms with E-state index in [-0.39, 0.29) is 30.9 Å². The number of para-hydroxylation sites is 1. The second kappa shape index (κ2) is 4.33. The molecule has 0 saturated carbocycles. The van der Waals surface area contributed by atoms with E-state index < -0.39 is 0 Å². The Kier molecular flexibility index (Phi) is 2.66. The molecule has 0 spiro atoms. The van der Waals surface area contributed by atoms with Crippen LogP contribution in [0.15, 0.2) is 24.3 Å². The minimum Gasteiger partial charge on any atom is -0.493 e. The largest absolute Gasteiger partial charge is 0.493 e. The summed E-state index contributed by atoms with van der Waals surface area (Å²) in [6.45, 7) is 0.809. The zero-order valence-corrected chi connectivity index (χ0v) is 9.89. The second-order valence-electron chi connectivity index (χ2n) is 4.49. The van der Waals surface area contributed by atoms with Crippen LogP contribution in [0.2, 0.25) is 0 Å². The van der Waals surface area contributed by atoms with Gasteiger partial charge < -0.3 is 15.0 Å². The minimum absolute atomic E-state index is 0.0312. The number of benzene rings is 1. The number of carbonyl (C=O) groups is 2. The highest BCUT2D eigenvalue weighted by molar-refractivity contribution is 5.92. The summed E-state index contributed by atoms with van der Waals surface area (Å²) in [5.74, 6) is 0.683. The fourth-order valence-electron chi connectivity index (χ4n) is 2.51. The first kappa shape index (κ1) is 11.1. The lowest BCUT2D eigenvalue weighted by Gasteiger charge is -2.37. The molecule has 1 aromatic carbocycles. The zero-order valence-electron chi connectivity index (χ0n) is 9.89. The molecule has 1 atom stereocenters. The molecule has 2 aliphatic heterocycles. The lowest BCUT2D eigenvalue weighted by Crippen LogP contribution is -2.53. The average molecular weight is 246 g/mol. The number of rotatable bonds is 1. The Morgan fingerprint density at radius 1 is 1.28 bits per heavy atom. The van der Waals surface area contributed by atoms with Crippen molar-refractivity contribution in [1.82, 2.24) is 10.2 Å². The number of nitrogens with zero attached hydrogens (tertiary/aromatic N) is 1. The number of fused-ring (bicyclic) bond motifs is 1. The van der Waals surface area contributed by atoms with Crippen LogP contribution >= 0.6 is 0 Å². The van der Waals surface area contributed by atoms with Crippen molar-refractivity contribution in [3.8, 4) is 5.75 Å². The molecule has 5 heteroatoms. The van der Waals surface area contributed by atoms with E-state index in [1.807, 2.05) is 24.3 Å². The van der Waals surface area contributed by atoms with E-state index >= 15 is 0 Å². The lowest BCUT2D eigenvalue weighted by atomic mass is 9.98. The van der Waals surface area contributed by atoms with Gasteiger partial charge in [0, 0.05) is 12.0 Å². The number of piperazine rings is 1. The molecule has 18 heavy (non-hydrogen) atoms. The number of hydrogen-bond donors (Lipinski definition) is 1. The van der Waals surface area contributed by atoms with Crippen LogP contribution in [0.5, 0.6) is 5.75 Å². The van der Waals surface area contributed by atoms with Crippen LogP contribution in [0.4, 0.5) is 0 Å². The molecule has 1 N–H and O–H groups in total. The third-order valence-electron chi connectivity index (χ3n) is 3.37. The van der Waals surface area contributed by atoms with Crippen molar-refractivity contribution in [2.24, 2.45) is 0 Å². The van der Waals surface area contributed by atoms with Crippen LogP contribution in [0.25, 0.3) is 0 Å². The first-order chi connectivity index (χ1) is 8.75. The summed E-state index contributed by atoms with van der Waals surface area (Å²) in [6, 6.07) is 7.64. The molecule has 1 saturated heterocycles. The predicted molar refractivity (Wildman–Crippen MR) is 64.0 cm³/mol. The van der Waals surface area contributed by atoms with E-state index in [0.717, 1.165) is 17.7 Å². The van der Waals surface area contributed by atoms with Crippen LogP contribution in [-0.4, -0.2) is 36.4 Å². The fraction of sp³-hybridized carbons (Fsp3) is 0.385. The van der Waals surface area contributed by atoms with Gasteiger partial charge in [0.15, 0.2) is 0 Å². The molecular formula is C13H14N2O3. The van der Waals surface area contributed by atoms with E-state index in [1.54, 1.807) is 4.90 Å². The SMILES string of the molecule is O=C1CN(C2CCOc3ccccc32)C(=O)CN1. The van der Waals surface area contributed by atoms with Gasteiger partial charge in [0.05, 0.1) is 19.2 Å². The first-order valence-electron chi connectivity index (χ1n) is 6.03. The maximum absolute atomic E-state index is 11.9. The number of hydrogen-bond acceptors (Lipinski definition) is 3. The highest BCUT2D eigenvalue weighted by atomic mass is 16.5. The fourth-order valence-corrected chi connectivity index (χ4v) is 2.51. The third-order valence-corrected chi connectivity index (χ3v) is 3.37. The molecule has 0 bridgehead atoms. The Balaban J connectivity index is 1.93. The molecule has 94 valence electrons. The quantitative estimate of drug-likeness (QED) is 0.783. The Hall–Kier alpha value is -2.04. The van der Waals surface area contributed by atoms with E-state index in [0.29, 0.717) is 6.61 Å². The van der Waals surface area contributed by atoms with Gasteiger partial charge in [0.1, 0.15) is 12.3 Å². The second-order valence-corrected chi connectivity index (χ2v) is 4.49. The van der Waals surface area contributed by atoms with Gasteiger partial charge in [-0.1, -0.05) is 18.2 Å². The van der Waals surface area contributed by atoms with E-state index in [9.17, 15) is 9.59 Å². The van der Waals surface area contributed by atoms with Crippen molar-refractivity contribution in [2.45, 2.75) is 12.5 Å². The van der Waals surface area contributed by atoms with Crippen molar-refractivity contribution in [2.75, 3.05) is 19.7 Å². The molecule has 1 unspecified atom stereocenters. The molecule has 0 radical (unpaired) electrons. The first-order valence-corrected chi connectivity index (χ1v) is 6.03. The summed E-state index contributed by atoms with van der Waals surface area (Å²) in [5.41, 5.74) is 0.992. The molecule has 1 fully saturated rings. The van der Waals surface area contributed by atoms with Gasteiger partial charge in [-0.25, -0.2) is 0 Å². The molecule has 0 aliphatic carbocycles. The summed E-state index contributed by atoms with van der Waals surface area (Å²) >= 11 is 0. The zero-order chi connectivity index (χ0) is 12.5. The minimum atomic E-state index is -0.0985. The average Bonchev–Trinajstić information content (AvgIpc) is 2.41. The summed E-state index contributed by atoms with van der Waals surface area (Å²) in [4.78, 5) is 25.0. The van der Waals surface area contributed by atoms with Gasteiger partial charge in [0.2, 0.25) is 11.8 Å². The maximum Gasteiger partial charge on any atom is 0.242 e. The number of ether oxygens (including phenoxy) is 1. The molecule has 0 aromatic heterocycles. The summed E-state index contributed by atoms with van der Waals surface area (Å²) in [5, 5.41) is 2.56. The lowest BCUT2D eigenvalue weighted by molar-refractivity contribution is -0.143. The van der Waals surface area contributed by atoms with Crippen LogP contribution in [0, 0.1) is 0 Å². The Bertz CT molecular complexity index is 501. The van der Waals surface area contributed by atoms with Crippen molar-refractivity contribution in [1.29, 1.82) is 0 Å². The maximum atomic E-state index is 11.9. The molecule has 2 aliphatic rings.